The predicted molar refractivity (Wildman–Crippen MR) is 120 cm³/mol. The molecule has 0 unspecified atom stereocenters. The lowest BCUT2D eigenvalue weighted by molar-refractivity contribution is -0.192. The van der Waals surface area contributed by atoms with E-state index in [-0.39, 0.29) is 17.9 Å². The van der Waals surface area contributed by atoms with Crippen molar-refractivity contribution in [3.05, 3.63) is 42.2 Å². The fourth-order valence-electron chi connectivity index (χ4n) is 3.34. The molecule has 0 radical (unpaired) electrons. The lowest BCUT2D eigenvalue weighted by atomic mass is 10.1. The molecule has 194 valence electrons. The number of carboxylic acid groups (broad SMARTS) is 1. The van der Waals surface area contributed by atoms with E-state index >= 15 is 0 Å². The van der Waals surface area contributed by atoms with Crippen LogP contribution in [0.3, 0.4) is 0 Å². The normalized spacial score (nSPS) is 14.4. The van der Waals surface area contributed by atoms with Crippen LogP contribution in [0.25, 0.3) is 11.0 Å². The Kier molecular flexibility index (Phi) is 8.37. The van der Waals surface area contributed by atoms with Crippen molar-refractivity contribution in [1.29, 1.82) is 0 Å². The van der Waals surface area contributed by atoms with Crippen molar-refractivity contribution < 1.29 is 36.6 Å². The summed E-state index contributed by atoms with van der Waals surface area (Å²) in [5, 5.41) is 18.2. The van der Waals surface area contributed by atoms with E-state index in [1.807, 2.05) is 13.8 Å². The number of alkyl halides is 3. The van der Waals surface area contributed by atoms with Crippen molar-refractivity contribution in [2.24, 2.45) is 0 Å². The second-order valence-corrected chi connectivity index (χ2v) is 8.14. The molecule has 0 bridgehead atoms. The van der Waals surface area contributed by atoms with Crippen molar-refractivity contribution in [2.75, 3.05) is 23.3 Å². The van der Waals surface area contributed by atoms with Crippen LogP contribution in [0.5, 0.6) is 5.75 Å². The van der Waals surface area contributed by atoms with Gasteiger partial charge in [0.15, 0.2) is 23.2 Å². The molecule has 3 aromatic rings. The van der Waals surface area contributed by atoms with E-state index in [9.17, 15) is 22.0 Å². The first kappa shape index (κ1) is 26.8. The van der Waals surface area contributed by atoms with Gasteiger partial charge >= 0.3 is 12.1 Å². The molecule has 1 aromatic carbocycles. The highest BCUT2D eigenvalue weighted by Crippen LogP contribution is 2.29. The molecule has 1 saturated heterocycles. The maximum atomic E-state index is 13.9. The summed E-state index contributed by atoms with van der Waals surface area (Å²) in [6, 6.07) is 3.56. The van der Waals surface area contributed by atoms with Crippen molar-refractivity contribution >= 4 is 28.6 Å². The van der Waals surface area contributed by atoms with Gasteiger partial charge in [0, 0.05) is 38.0 Å². The highest BCUT2D eigenvalue weighted by Gasteiger charge is 2.38. The number of hydrogen-bond donors (Lipinski definition) is 2. The predicted octanol–water partition coefficient (Wildman–Crippen LogP) is 4.20. The zero-order chi connectivity index (χ0) is 26.5. The largest absolute Gasteiger partial charge is 0.490 e. The van der Waals surface area contributed by atoms with Gasteiger partial charge in [0.2, 0.25) is 0 Å². The molecule has 2 N–H and O–H groups in total. The Bertz CT molecular complexity index is 1200. The third-order valence-electron chi connectivity index (χ3n) is 4.96. The van der Waals surface area contributed by atoms with Crippen LogP contribution in [0.1, 0.15) is 26.7 Å². The number of aromatic nitrogens is 4. The number of rotatable bonds is 5. The molecule has 1 aliphatic rings. The van der Waals surface area contributed by atoms with Crippen molar-refractivity contribution in [3.8, 4) is 5.75 Å². The van der Waals surface area contributed by atoms with Gasteiger partial charge in [0.25, 0.3) is 0 Å². The number of nitrogens with zero attached hydrogens (tertiary/aromatic N) is 5. The number of aliphatic carboxylic acids is 1. The molecule has 36 heavy (non-hydrogen) atoms. The summed E-state index contributed by atoms with van der Waals surface area (Å²) in [7, 11) is 0. The molecule has 0 spiro atoms. The second-order valence-electron chi connectivity index (χ2n) is 8.14. The van der Waals surface area contributed by atoms with E-state index in [1.165, 1.54) is 12.1 Å². The van der Waals surface area contributed by atoms with Crippen LogP contribution in [-0.4, -0.2) is 62.7 Å². The van der Waals surface area contributed by atoms with Crippen LogP contribution in [0, 0.1) is 11.6 Å². The highest BCUT2D eigenvalue weighted by molar-refractivity contribution is 5.79. The Balaban J connectivity index is 0.000000454. The molecule has 2 aromatic heterocycles. The molecule has 4 rings (SSSR count). The number of fused-ring (bicyclic) bond motifs is 1. The number of benzene rings is 1. The summed E-state index contributed by atoms with van der Waals surface area (Å²) in [5.41, 5.74) is 1.35. The van der Waals surface area contributed by atoms with Gasteiger partial charge in [-0.15, -0.1) is 0 Å². The highest BCUT2D eigenvalue weighted by atomic mass is 19.4. The molecule has 3 heterocycles. The van der Waals surface area contributed by atoms with Crippen LogP contribution in [-0.2, 0) is 4.79 Å². The minimum absolute atomic E-state index is 0.0797. The number of hydrogen-bond acceptors (Lipinski definition) is 8. The van der Waals surface area contributed by atoms with Crippen LogP contribution in [0.4, 0.5) is 33.6 Å². The van der Waals surface area contributed by atoms with Gasteiger partial charge < -0.3 is 20.1 Å². The summed E-state index contributed by atoms with van der Waals surface area (Å²) >= 11 is 0. The molecular weight excluding hydrogens is 491 g/mol. The third-order valence-corrected chi connectivity index (χ3v) is 4.96. The van der Waals surface area contributed by atoms with Crippen molar-refractivity contribution in [3.63, 3.8) is 0 Å². The zero-order valence-electron chi connectivity index (χ0n) is 19.3. The van der Waals surface area contributed by atoms with Gasteiger partial charge in [0.05, 0.1) is 12.4 Å². The van der Waals surface area contributed by atoms with Crippen molar-refractivity contribution in [1.82, 2.24) is 20.2 Å². The summed E-state index contributed by atoms with van der Waals surface area (Å²) in [4.78, 5) is 20.4. The van der Waals surface area contributed by atoms with E-state index < -0.39 is 23.8 Å². The lowest BCUT2D eigenvalue weighted by Crippen LogP contribution is -2.39. The smallest absolute Gasteiger partial charge is 0.487 e. The number of carbonyl (C=O) groups is 1. The number of nitrogens with one attached hydrogen (secondary N) is 1. The minimum atomic E-state index is -5.08. The topological polar surface area (TPSA) is 113 Å². The first-order valence-electron chi connectivity index (χ1n) is 10.9. The quantitative estimate of drug-likeness (QED) is 0.484. The summed E-state index contributed by atoms with van der Waals surface area (Å²) in [6.45, 7) is 5.44. The van der Waals surface area contributed by atoms with Gasteiger partial charge in [-0.25, -0.2) is 23.5 Å². The molecule has 0 saturated carbocycles. The SMILES string of the molecule is CC(C)Nc1nc2cnncc2nc1N1CCC(Oc2ccc(F)cc2F)CC1.O=C(O)C(F)(F)F. The summed E-state index contributed by atoms with van der Waals surface area (Å²) in [6.07, 6.45) is -0.669. The van der Waals surface area contributed by atoms with Gasteiger partial charge in [-0.2, -0.15) is 23.4 Å². The molecule has 1 fully saturated rings. The first-order chi connectivity index (χ1) is 16.9. The van der Waals surface area contributed by atoms with Crippen molar-refractivity contribution in [2.45, 2.75) is 45.0 Å². The number of anilines is 2. The maximum Gasteiger partial charge on any atom is 0.490 e. The molecule has 14 heteroatoms. The minimum Gasteiger partial charge on any atom is -0.487 e. The summed E-state index contributed by atoms with van der Waals surface area (Å²) < 4.78 is 64.4. The van der Waals surface area contributed by atoms with Crippen LogP contribution in [0.2, 0.25) is 0 Å². The first-order valence-corrected chi connectivity index (χ1v) is 10.9. The Labute approximate surface area is 202 Å². The second kappa shape index (κ2) is 11.3. The van der Waals surface area contributed by atoms with Gasteiger partial charge in [-0.05, 0) is 26.0 Å². The number of halogens is 5. The standard InChI is InChI=1S/C20H22F2N6O.C2HF3O2/c1-12(2)25-19-20(27-17-11-24-23-10-16(17)26-19)28-7-5-14(6-8-28)29-18-4-3-13(21)9-15(18)22;3-2(4,5)1(6)7/h3-4,9-12,14H,5-8H2,1-2H3,(H,25,26);(H,6,7). The molecule has 1 aliphatic heterocycles. The monoisotopic (exact) mass is 514 g/mol. The average molecular weight is 514 g/mol. The molecule has 0 atom stereocenters. The average Bonchev–Trinajstić information content (AvgIpc) is 2.80. The van der Waals surface area contributed by atoms with Gasteiger partial charge in [0.1, 0.15) is 23.0 Å². The fourth-order valence-corrected chi connectivity index (χ4v) is 3.34. The number of piperidine rings is 1. The molecule has 0 aliphatic carbocycles. The number of ether oxygens (including phenoxy) is 1. The van der Waals surface area contributed by atoms with Gasteiger partial charge in [-0.1, -0.05) is 0 Å². The zero-order valence-corrected chi connectivity index (χ0v) is 19.3. The van der Waals surface area contributed by atoms with E-state index in [2.05, 4.69) is 25.4 Å². The Morgan fingerprint density at radius 3 is 2.22 bits per heavy atom. The Hall–Kier alpha value is -3.84. The van der Waals surface area contributed by atoms with Crippen LogP contribution >= 0.6 is 0 Å². The Morgan fingerprint density at radius 1 is 1.11 bits per heavy atom. The molecular formula is C22H23F5N6O3. The van der Waals surface area contributed by atoms with E-state index in [1.54, 1.807) is 12.4 Å². The van der Waals surface area contributed by atoms with Crippen LogP contribution in [0.15, 0.2) is 30.6 Å². The van der Waals surface area contributed by atoms with Crippen LogP contribution < -0.4 is 15.0 Å². The summed E-state index contributed by atoms with van der Waals surface area (Å²) in [5.74, 6) is -2.52. The maximum absolute atomic E-state index is 13.9. The Morgan fingerprint density at radius 2 is 1.69 bits per heavy atom. The molecule has 0 amide bonds. The van der Waals surface area contributed by atoms with E-state index in [4.69, 9.17) is 19.6 Å². The van der Waals surface area contributed by atoms with Gasteiger partial charge in [-0.3, -0.25) is 0 Å². The fraction of sp³-hybridized carbons (Fsp3) is 0.409. The number of carboxylic acids is 1. The van der Waals surface area contributed by atoms with E-state index in [0.717, 1.165) is 11.9 Å². The third kappa shape index (κ3) is 7.09. The molecule has 9 nitrogen and oxygen atoms in total. The lowest BCUT2D eigenvalue weighted by Gasteiger charge is -2.34. The van der Waals surface area contributed by atoms with E-state index in [0.29, 0.717) is 42.8 Å².